The molecular formula is C20H18Cl2N4O3S. The quantitative estimate of drug-likeness (QED) is 0.540. The lowest BCUT2D eigenvalue weighted by Gasteiger charge is -2.33. The molecule has 0 unspecified atom stereocenters. The van der Waals surface area contributed by atoms with Gasteiger partial charge in [0.05, 0.1) is 15.6 Å². The van der Waals surface area contributed by atoms with Crippen molar-refractivity contribution in [3.05, 3.63) is 70.3 Å². The van der Waals surface area contributed by atoms with Gasteiger partial charge >= 0.3 is 0 Å². The molecule has 2 aromatic carbocycles. The van der Waals surface area contributed by atoms with E-state index in [0.29, 0.717) is 23.8 Å². The van der Waals surface area contributed by atoms with Crippen molar-refractivity contribution in [2.75, 3.05) is 31.5 Å². The minimum atomic E-state index is -3.57. The molecule has 1 heterocycles. The van der Waals surface area contributed by atoms with Crippen LogP contribution in [0.3, 0.4) is 0 Å². The Kier molecular flexibility index (Phi) is 7.00. The predicted octanol–water partition coefficient (Wildman–Crippen LogP) is 3.35. The van der Waals surface area contributed by atoms with E-state index in [1.54, 1.807) is 47.4 Å². The second-order valence-corrected chi connectivity index (χ2v) is 9.27. The molecule has 1 fully saturated rings. The van der Waals surface area contributed by atoms with Gasteiger partial charge in [-0.2, -0.15) is 9.57 Å². The number of piperazine rings is 1. The van der Waals surface area contributed by atoms with Crippen molar-refractivity contribution in [1.82, 2.24) is 9.21 Å². The topological polar surface area (TPSA) is 93.5 Å². The van der Waals surface area contributed by atoms with Crippen molar-refractivity contribution in [2.24, 2.45) is 0 Å². The summed E-state index contributed by atoms with van der Waals surface area (Å²) in [5.74, 6) is -0.610. The van der Waals surface area contributed by atoms with E-state index < -0.39 is 15.9 Å². The molecule has 0 aromatic heterocycles. The van der Waals surface area contributed by atoms with Crippen LogP contribution in [0.4, 0.5) is 5.69 Å². The highest BCUT2D eigenvalue weighted by Gasteiger charge is 2.28. The van der Waals surface area contributed by atoms with Gasteiger partial charge in [-0.3, -0.25) is 4.79 Å². The number of anilines is 1. The third kappa shape index (κ3) is 5.12. The summed E-state index contributed by atoms with van der Waals surface area (Å²) < 4.78 is 26.8. The largest absolute Gasteiger partial charge is 0.373 e. The van der Waals surface area contributed by atoms with Crippen molar-refractivity contribution in [1.29, 1.82) is 5.26 Å². The van der Waals surface area contributed by atoms with Gasteiger partial charge in [0, 0.05) is 37.4 Å². The highest BCUT2D eigenvalue weighted by molar-refractivity contribution is 7.89. The van der Waals surface area contributed by atoms with Gasteiger partial charge in [0.15, 0.2) is 0 Å². The van der Waals surface area contributed by atoms with E-state index in [9.17, 15) is 18.5 Å². The first-order valence-corrected chi connectivity index (χ1v) is 11.2. The Bertz CT molecular complexity index is 1110. The van der Waals surface area contributed by atoms with Crippen LogP contribution in [-0.2, 0) is 14.8 Å². The van der Waals surface area contributed by atoms with Crippen LogP contribution < -0.4 is 5.32 Å². The molecule has 156 valence electrons. The lowest BCUT2D eigenvalue weighted by atomic mass is 10.2. The molecule has 0 saturated carbocycles. The molecule has 10 heteroatoms. The number of sulfonamides is 1. The average molecular weight is 465 g/mol. The van der Waals surface area contributed by atoms with Crippen molar-refractivity contribution in [3.8, 4) is 6.07 Å². The number of amides is 1. The molecule has 30 heavy (non-hydrogen) atoms. The second-order valence-electron chi connectivity index (χ2n) is 6.49. The lowest BCUT2D eigenvalue weighted by Crippen LogP contribution is -2.46. The number of rotatable bonds is 5. The van der Waals surface area contributed by atoms with E-state index in [2.05, 4.69) is 5.32 Å². The van der Waals surface area contributed by atoms with Gasteiger partial charge in [0.1, 0.15) is 11.6 Å². The summed E-state index contributed by atoms with van der Waals surface area (Å²) in [7, 11) is -3.57. The summed E-state index contributed by atoms with van der Waals surface area (Å²) in [6, 6.07) is 14.7. The first-order valence-electron chi connectivity index (χ1n) is 8.99. The molecule has 0 atom stereocenters. The SMILES string of the molecule is N#C/C(=C/N1CCN(S(=O)(=O)c2ccccc2)CC1)C(=O)Nc1ccc(Cl)cc1Cl. The Balaban J connectivity index is 1.65. The summed E-state index contributed by atoms with van der Waals surface area (Å²) in [6.07, 6.45) is 1.44. The fraction of sp³-hybridized carbons (Fsp3) is 0.200. The average Bonchev–Trinajstić information content (AvgIpc) is 2.75. The summed E-state index contributed by atoms with van der Waals surface area (Å²) >= 11 is 11.9. The summed E-state index contributed by atoms with van der Waals surface area (Å²) in [5.41, 5.74) is 0.228. The van der Waals surface area contributed by atoms with Crippen LogP contribution in [0.25, 0.3) is 0 Å². The molecule has 0 aliphatic carbocycles. The van der Waals surface area contributed by atoms with Gasteiger partial charge in [-0.25, -0.2) is 8.42 Å². The third-order valence-electron chi connectivity index (χ3n) is 4.51. The Labute approximate surface area is 185 Å². The van der Waals surface area contributed by atoms with Crippen LogP contribution in [0.2, 0.25) is 10.0 Å². The third-order valence-corrected chi connectivity index (χ3v) is 6.97. The number of nitriles is 1. The normalized spacial score (nSPS) is 15.5. The van der Waals surface area contributed by atoms with Crippen LogP contribution in [0.15, 0.2) is 65.2 Å². The van der Waals surface area contributed by atoms with Crippen LogP contribution in [0, 0.1) is 11.3 Å². The Morgan fingerprint density at radius 2 is 1.73 bits per heavy atom. The molecule has 0 radical (unpaired) electrons. The number of carbonyl (C=O) groups is 1. The molecule has 1 saturated heterocycles. The molecule has 0 spiro atoms. The summed E-state index contributed by atoms with van der Waals surface area (Å²) in [4.78, 5) is 14.4. The number of benzene rings is 2. The smallest absolute Gasteiger partial charge is 0.267 e. The zero-order valence-corrected chi connectivity index (χ0v) is 18.1. The molecular weight excluding hydrogens is 447 g/mol. The first kappa shape index (κ1) is 22.1. The first-order chi connectivity index (χ1) is 14.3. The zero-order valence-electron chi connectivity index (χ0n) is 15.8. The maximum absolute atomic E-state index is 12.7. The maximum atomic E-state index is 12.7. The monoisotopic (exact) mass is 464 g/mol. The fourth-order valence-corrected chi connectivity index (χ4v) is 4.81. The Morgan fingerprint density at radius 3 is 2.33 bits per heavy atom. The van der Waals surface area contributed by atoms with Crippen LogP contribution >= 0.6 is 23.2 Å². The minimum Gasteiger partial charge on any atom is -0.373 e. The molecule has 1 aliphatic rings. The van der Waals surface area contributed by atoms with Crippen LogP contribution in [0.1, 0.15) is 0 Å². The van der Waals surface area contributed by atoms with Crippen molar-refractivity contribution >= 4 is 44.8 Å². The van der Waals surface area contributed by atoms with E-state index >= 15 is 0 Å². The van der Waals surface area contributed by atoms with Crippen molar-refractivity contribution < 1.29 is 13.2 Å². The lowest BCUT2D eigenvalue weighted by molar-refractivity contribution is -0.112. The van der Waals surface area contributed by atoms with E-state index in [-0.39, 0.29) is 28.6 Å². The maximum Gasteiger partial charge on any atom is 0.267 e. The number of hydrogen-bond donors (Lipinski definition) is 1. The van der Waals surface area contributed by atoms with E-state index in [0.717, 1.165) is 0 Å². The van der Waals surface area contributed by atoms with E-state index in [1.165, 1.54) is 16.6 Å². The molecule has 3 rings (SSSR count). The fourth-order valence-electron chi connectivity index (χ4n) is 2.92. The molecule has 1 amide bonds. The van der Waals surface area contributed by atoms with Crippen molar-refractivity contribution in [3.63, 3.8) is 0 Å². The summed E-state index contributed by atoms with van der Waals surface area (Å²) in [5, 5.41) is 12.6. The van der Waals surface area contributed by atoms with Gasteiger partial charge in [-0.1, -0.05) is 41.4 Å². The van der Waals surface area contributed by atoms with Crippen molar-refractivity contribution in [2.45, 2.75) is 4.90 Å². The highest BCUT2D eigenvalue weighted by Crippen LogP contribution is 2.26. The molecule has 7 nitrogen and oxygen atoms in total. The molecule has 1 aliphatic heterocycles. The van der Waals surface area contributed by atoms with Gasteiger partial charge in [0.2, 0.25) is 10.0 Å². The Morgan fingerprint density at radius 1 is 1.07 bits per heavy atom. The number of hydrogen-bond acceptors (Lipinski definition) is 5. The summed E-state index contributed by atoms with van der Waals surface area (Å²) in [6.45, 7) is 1.20. The predicted molar refractivity (Wildman–Crippen MR) is 116 cm³/mol. The van der Waals surface area contributed by atoms with Gasteiger partial charge in [0.25, 0.3) is 5.91 Å². The van der Waals surface area contributed by atoms with Crippen LogP contribution in [0.5, 0.6) is 0 Å². The van der Waals surface area contributed by atoms with Gasteiger partial charge in [-0.05, 0) is 30.3 Å². The highest BCUT2D eigenvalue weighted by atomic mass is 35.5. The number of halogens is 2. The number of nitrogens with zero attached hydrogens (tertiary/aromatic N) is 3. The van der Waals surface area contributed by atoms with Gasteiger partial charge < -0.3 is 10.2 Å². The number of nitrogens with one attached hydrogen (secondary N) is 1. The zero-order chi connectivity index (χ0) is 21.7. The van der Waals surface area contributed by atoms with E-state index in [1.807, 2.05) is 6.07 Å². The van der Waals surface area contributed by atoms with Crippen LogP contribution in [-0.4, -0.2) is 49.7 Å². The Hall–Kier alpha value is -2.57. The number of carbonyl (C=O) groups excluding carboxylic acids is 1. The minimum absolute atomic E-state index is 0.111. The van der Waals surface area contributed by atoms with Gasteiger partial charge in [-0.15, -0.1) is 0 Å². The standard InChI is InChI=1S/C20H18Cl2N4O3S/c21-16-6-7-19(18(22)12-16)24-20(27)15(13-23)14-25-8-10-26(11-9-25)30(28,29)17-4-2-1-3-5-17/h1-7,12,14H,8-11H2,(H,24,27)/b15-14-. The second kappa shape index (κ2) is 9.49. The molecule has 2 aromatic rings. The molecule has 0 bridgehead atoms. The molecule has 1 N–H and O–H groups in total. The van der Waals surface area contributed by atoms with E-state index in [4.69, 9.17) is 23.2 Å².